The van der Waals surface area contributed by atoms with Gasteiger partial charge in [-0.15, -0.1) is 0 Å². The van der Waals surface area contributed by atoms with Crippen LogP contribution in [0.3, 0.4) is 0 Å². The third-order valence-corrected chi connectivity index (χ3v) is 3.23. The first kappa shape index (κ1) is 18.9. The van der Waals surface area contributed by atoms with E-state index < -0.39 is 6.04 Å². The minimum Gasteiger partial charge on any atom is -0.464 e. The first-order valence-corrected chi connectivity index (χ1v) is 8.07. The van der Waals surface area contributed by atoms with Crippen LogP contribution in [-0.2, 0) is 14.3 Å². The van der Waals surface area contributed by atoms with Gasteiger partial charge in [-0.3, -0.25) is 4.79 Å². The van der Waals surface area contributed by atoms with E-state index in [0.717, 1.165) is 32.1 Å². The largest absolute Gasteiger partial charge is 0.464 e. The van der Waals surface area contributed by atoms with Crippen LogP contribution in [0.15, 0.2) is 0 Å². The zero-order valence-electron chi connectivity index (χ0n) is 13.4. The molecule has 1 amide bonds. The lowest BCUT2D eigenvalue weighted by Crippen LogP contribution is -2.39. The number of esters is 1. The standard InChI is InChI=1S/C16H31NO3/c1-4-6-8-9-10-12-15(18)17-14(3)16(19)20-13-11-7-5-2/h14H,4-13H2,1-3H3,(H,17,18)/t14-/m0/s1. The van der Waals surface area contributed by atoms with Crippen LogP contribution < -0.4 is 5.32 Å². The van der Waals surface area contributed by atoms with Gasteiger partial charge in [0.2, 0.25) is 5.91 Å². The minimum absolute atomic E-state index is 0.0560. The number of unbranched alkanes of at least 4 members (excludes halogenated alkanes) is 6. The fourth-order valence-electron chi connectivity index (χ4n) is 1.91. The van der Waals surface area contributed by atoms with Crippen molar-refractivity contribution in [1.82, 2.24) is 5.32 Å². The summed E-state index contributed by atoms with van der Waals surface area (Å²) in [7, 11) is 0. The predicted octanol–water partition coefficient (Wildman–Crippen LogP) is 3.59. The number of carbonyl (C=O) groups is 2. The minimum atomic E-state index is -0.542. The van der Waals surface area contributed by atoms with Gasteiger partial charge in [0.15, 0.2) is 0 Å². The third-order valence-electron chi connectivity index (χ3n) is 3.23. The maximum atomic E-state index is 11.6. The molecule has 0 aromatic heterocycles. The Bertz CT molecular complexity index is 266. The summed E-state index contributed by atoms with van der Waals surface area (Å²) in [4.78, 5) is 23.3. The summed E-state index contributed by atoms with van der Waals surface area (Å²) in [5, 5.41) is 2.70. The van der Waals surface area contributed by atoms with E-state index in [0.29, 0.717) is 13.0 Å². The molecule has 0 aromatic rings. The third kappa shape index (κ3) is 10.8. The zero-order chi connectivity index (χ0) is 15.2. The molecule has 0 aromatic carbocycles. The highest BCUT2D eigenvalue weighted by molar-refractivity contribution is 5.84. The average molecular weight is 285 g/mol. The van der Waals surface area contributed by atoms with Gasteiger partial charge in [-0.05, 0) is 19.8 Å². The monoisotopic (exact) mass is 285 g/mol. The summed E-state index contributed by atoms with van der Waals surface area (Å²) in [6.07, 6.45) is 9.13. The van der Waals surface area contributed by atoms with Crippen molar-refractivity contribution in [2.24, 2.45) is 0 Å². The topological polar surface area (TPSA) is 55.4 Å². The number of hydrogen-bond donors (Lipinski definition) is 1. The van der Waals surface area contributed by atoms with Gasteiger partial charge in [0.1, 0.15) is 6.04 Å². The second kappa shape index (κ2) is 12.9. The first-order chi connectivity index (χ1) is 9.61. The normalized spacial score (nSPS) is 11.9. The second-order valence-electron chi connectivity index (χ2n) is 5.33. The second-order valence-corrected chi connectivity index (χ2v) is 5.33. The Morgan fingerprint density at radius 1 is 0.950 bits per heavy atom. The Hall–Kier alpha value is -1.06. The predicted molar refractivity (Wildman–Crippen MR) is 81.5 cm³/mol. The van der Waals surface area contributed by atoms with E-state index in [1.54, 1.807) is 6.92 Å². The van der Waals surface area contributed by atoms with Crippen molar-refractivity contribution in [3.05, 3.63) is 0 Å². The van der Waals surface area contributed by atoms with Crippen molar-refractivity contribution in [1.29, 1.82) is 0 Å². The summed E-state index contributed by atoms with van der Waals surface area (Å²) in [5.74, 6) is -0.389. The molecular formula is C16H31NO3. The Balaban J connectivity index is 3.64. The molecule has 0 saturated carbocycles. The average Bonchev–Trinajstić information content (AvgIpc) is 2.43. The number of hydrogen-bond acceptors (Lipinski definition) is 3. The van der Waals surface area contributed by atoms with Crippen LogP contribution in [0.4, 0.5) is 0 Å². The Labute approximate surface area is 123 Å². The van der Waals surface area contributed by atoms with E-state index >= 15 is 0 Å². The highest BCUT2D eigenvalue weighted by Crippen LogP contribution is 2.05. The van der Waals surface area contributed by atoms with Crippen molar-refractivity contribution in [3.8, 4) is 0 Å². The van der Waals surface area contributed by atoms with Crippen LogP contribution in [0.5, 0.6) is 0 Å². The molecule has 4 nitrogen and oxygen atoms in total. The van der Waals surface area contributed by atoms with Crippen LogP contribution >= 0.6 is 0 Å². The van der Waals surface area contributed by atoms with Crippen LogP contribution in [0, 0.1) is 0 Å². The molecule has 1 N–H and O–H groups in total. The quantitative estimate of drug-likeness (QED) is 0.440. The molecule has 0 bridgehead atoms. The van der Waals surface area contributed by atoms with Gasteiger partial charge in [0.05, 0.1) is 6.61 Å². The number of amides is 1. The van der Waals surface area contributed by atoms with Crippen LogP contribution in [0.1, 0.15) is 78.6 Å². The SMILES string of the molecule is CCCCCCCC(=O)N[C@@H](C)C(=O)OCCCCC. The van der Waals surface area contributed by atoms with Crippen LogP contribution in [0.2, 0.25) is 0 Å². The molecule has 0 fully saturated rings. The lowest BCUT2D eigenvalue weighted by Gasteiger charge is -2.13. The molecule has 0 aliphatic rings. The smallest absolute Gasteiger partial charge is 0.328 e. The summed E-state index contributed by atoms with van der Waals surface area (Å²) < 4.78 is 5.11. The molecule has 0 spiro atoms. The van der Waals surface area contributed by atoms with E-state index in [1.165, 1.54) is 19.3 Å². The van der Waals surface area contributed by atoms with E-state index in [1.807, 2.05) is 0 Å². The Morgan fingerprint density at radius 3 is 2.20 bits per heavy atom. The fraction of sp³-hybridized carbons (Fsp3) is 0.875. The van der Waals surface area contributed by atoms with Gasteiger partial charge in [-0.2, -0.15) is 0 Å². The van der Waals surface area contributed by atoms with Gasteiger partial charge < -0.3 is 10.1 Å². The maximum absolute atomic E-state index is 11.6. The van der Waals surface area contributed by atoms with E-state index in [9.17, 15) is 9.59 Å². The molecule has 0 aliphatic heterocycles. The fourth-order valence-corrected chi connectivity index (χ4v) is 1.91. The maximum Gasteiger partial charge on any atom is 0.328 e. The number of ether oxygens (including phenoxy) is 1. The molecule has 1 atom stereocenters. The Kier molecular flexibility index (Phi) is 12.3. The van der Waals surface area contributed by atoms with Gasteiger partial charge in [-0.1, -0.05) is 52.4 Å². The summed E-state index contributed by atoms with van der Waals surface area (Å²) in [6.45, 7) is 6.40. The van der Waals surface area contributed by atoms with Crippen molar-refractivity contribution in [2.75, 3.05) is 6.61 Å². The number of rotatable bonds is 12. The zero-order valence-corrected chi connectivity index (χ0v) is 13.4. The Morgan fingerprint density at radius 2 is 1.55 bits per heavy atom. The first-order valence-electron chi connectivity index (χ1n) is 8.07. The molecule has 0 unspecified atom stereocenters. The molecular weight excluding hydrogens is 254 g/mol. The van der Waals surface area contributed by atoms with Crippen LogP contribution in [-0.4, -0.2) is 24.5 Å². The van der Waals surface area contributed by atoms with Gasteiger partial charge in [-0.25, -0.2) is 4.79 Å². The molecule has 0 aliphatic carbocycles. The van der Waals surface area contributed by atoms with Gasteiger partial charge in [0, 0.05) is 6.42 Å². The van der Waals surface area contributed by atoms with Crippen molar-refractivity contribution < 1.29 is 14.3 Å². The molecule has 4 heteroatoms. The molecule has 0 radical (unpaired) electrons. The lowest BCUT2D eigenvalue weighted by atomic mass is 10.1. The molecule has 20 heavy (non-hydrogen) atoms. The van der Waals surface area contributed by atoms with Crippen molar-refractivity contribution >= 4 is 11.9 Å². The van der Waals surface area contributed by atoms with E-state index in [2.05, 4.69) is 19.2 Å². The van der Waals surface area contributed by atoms with E-state index in [4.69, 9.17) is 4.74 Å². The highest BCUT2D eigenvalue weighted by atomic mass is 16.5. The summed E-state index contributed by atoms with van der Waals surface area (Å²) in [5.41, 5.74) is 0. The molecule has 0 rings (SSSR count). The summed E-state index contributed by atoms with van der Waals surface area (Å²) in [6, 6.07) is -0.542. The van der Waals surface area contributed by atoms with Crippen molar-refractivity contribution in [2.45, 2.75) is 84.6 Å². The molecule has 118 valence electrons. The summed E-state index contributed by atoms with van der Waals surface area (Å²) >= 11 is 0. The van der Waals surface area contributed by atoms with E-state index in [-0.39, 0.29) is 11.9 Å². The lowest BCUT2D eigenvalue weighted by molar-refractivity contribution is -0.147. The number of carbonyl (C=O) groups excluding carboxylic acids is 2. The molecule has 0 heterocycles. The van der Waals surface area contributed by atoms with Crippen LogP contribution in [0.25, 0.3) is 0 Å². The van der Waals surface area contributed by atoms with Gasteiger partial charge in [0.25, 0.3) is 0 Å². The van der Waals surface area contributed by atoms with Crippen molar-refractivity contribution in [3.63, 3.8) is 0 Å². The molecule has 0 saturated heterocycles. The highest BCUT2D eigenvalue weighted by Gasteiger charge is 2.16. The van der Waals surface area contributed by atoms with Gasteiger partial charge >= 0.3 is 5.97 Å². The number of nitrogens with one attached hydrogen (secondary N) is 1.